The highest BCUT2D eigenvalue weighted by molar-refractivity contribution is 7.14. The fourth-order valence-corrected chi connectivity index (χ4v) is 2.81. The molecule has 0 atom stereocenters. The molecule has 0 saturated heterocycles. The molecule has 0 radical (unpaired) electrons. The van der Waals surface area contributed by atoms with E-state index in [1.807, 2.05) is 12.1 Å². The van der Waals surface area contributed by atoms with Crippen molar-refractivity contribution < 1.29 is 9.18 Å². The Morgan fingerprint density at radius 1 is 1.39 bits per heavy atom. The van der Waals surface area contributed by atoms with Gasteiger partial charge < -0.3 is 9.88 Å². The van der Waals surface area contributed by atoms with Crippen molar-refractivity contribution in [3.63, 3.8) is 0 Å². The number of nitrogens with one attached hydrogen (secondary N) is 1. The van der Waals surface area contributed by atoms with Gasteiger partial charge in [-0.3, -0.25) is 9.59 Å². The largest absolute Gasteiger partial charge is 0.320 e. The Morgan fingerprint density at radius 2 is 2.13 bits per heavy atom. The molecule has 116 valence electrons. The van der Waals surface area contributed by atoms with Crippen LogP contribution in [0.1, 0.15) is 20.1 Å². The molecule has 23 heavy (non-hydrogen) atoms. The standard InChI is InChI=1S/C14H8ClFN4O2S/c15-10-4-9(7-20(2-1-16)14(10)22)19-13(21)11-3-8(5-17)12(6-18)23-11/h3-4,7H,1-2H2,(H,19,21). The van der Waals surface area contributed by atoms with Gasteiger partial charge >= 0.3 is 0 Å². The number of pyridine rings is 1. The van der Waals surface area contributed by atoms with E-state index in [2.05, 4.69) is 5.32 Å². The minimum Gasteiger partial charge on any atom is -0.320 e. The summed E-state index contributed by atoms with van der Waals surface area (Å²) in [4.78, 5) is 24.1. The molecule has 9 heteroatoms. The van der Waals surface area contributed by atoms with E-state index >= 15 is 0 Å². The summed E-state index contributed by atoms with van der Waals surface area (Å²) in [7, 11) is 0. The molecule has 6 nitrogen and oxygen atoms in total. The van der Waals surface area contributed by atoms with E-state index in [1.54, 1.807) is 0 Å². The van der Waals surface area contributed by atoms with Gasteiger partial charge in [0.25, 0.3) is 11.5 Å². The van der Waals surface area contributed by atoms with Gasteiger partial charge in [0.05, 0.1) is 22.7 Å². The summed E-state index contributed by atoms with van der Waals surface area (Å²) in [5, 5.41) is 20.1. The average molecular weight is 351 g/mol. The zero-order chi connectivity index (χ0) is 17.0. The van der Waals surface area contributed by atoms with Crippen LogP contribution in [-0.2, 0) is 6.54 Å². The first-order valence-electron chi connectivity index (χ1n) is 6.21. The van der Waals surface area contributed by atoms with E-state index in [-0.39, 0.29) is 32.6 Å². The second kappa shape index (κ2) is 7.05. The highest BCUT2D eigenvalue weighted by Gasteiger charge is 2.15. The first-order chi connectivity index (χ1) is 11.0. The summed E-state index contributed by atoms with van der Waals surface area (Å²) >= 11 is 6.64. The van der Waals surface area contributed by atoms with Gasteiger partial charge in [-0.25, -0.2) is 4.39 Å². The summed E-state index contributed by atoms with van der Waals surface area (Å²) in [6.07, 6.45) is 1.27. The molecule has 0 spiro atoms. The lowest BCUT2D eigenvalue weighted by atomic mass is 10.2. The quantitative estimate of drug-likeness (QED) is 0.915. The highest BCUT2D eigenvalue weighted by Crippen LogP contribution is 2.22. The van der Waals surface area contributed by atoms with E-state index in [0.717, 1.165) is 15.9 Å². The number of aryl methyl sites for hydroxylation is 1. The van der Waals surface area contributed by atoms with Crippen molar-refractivity contribution >= 4 is 34.5 Å². The van der Waals surface area contributed by atoms with Gasteiger partial charge in [0.2, 0.25) is 0 Å². The molecule has 0 aliphatic rings. The predicted octanol–water partition coefficient (Wildman–Crippen LogP) is 2.53. The molecule has 1 N–H and O–H groups in total. The monoisotopic (exact) mass is 350 g/mol. The molecule has 0 aliphatic heterocycles. The smallest absolute Gasteiger partial charge is 0.269 e. The van der Waals surface area contributed by atoms with E-state index < -0.39 is 18.1 Å². The molecule has 2 rings (SSSR count). The zero-order valence-corrected chi connectivity index (χ0v) is 13.0. The number of anilines is 1. The summed E-state index contributed by atoms with van der Waals surface area (Å²) in [6, 6.07) is 6.22. The number of nitrogens with zero attached hydrogens (tertiary/aromatic N) is 3. The number of hydrogen-bond donors (Lipinski definition) is 1. The fourth-order valence-electron chi connectivity index (χ4n) is 1.79. The van der Waals surface area contributed by atoms with Gasteiger partial charge in [0.15, 0.2) is 0 Å². The molecule has 0 saturated carbocycles. The minimum absolute atomic E-state index is 0.114. The summed E-state index contributed by atoms with van der Waals surface area (Å²) in [5.74, 6) is -0.561. The van der Waals surface area contributed by atoms with Crippen molar-refractivity contribution in [1.82, 2.24) is 4.57 Å². The highest BCUT2D eigenvalue weighted by atomic mass is 35.5. The number of aromatic nitrogens is 1. The summed E-state index contributed by atoms with van der Waals surface area (Å²) in [6.45, 7) is -0.936. The molecule has 0 bridgehead atoms. The molecular weight excluding hydrogens is 343 g/mol. The Labute approximate surface area is 139 Å². The van der Waals surface area contributed by atoms with Crippen molar-refractivity contribution in [2.24, 2.45) is 0 Å². The normalized spacial score (nSPS) is 9.91. The summed E-state index contributed by atoms with van der Waals surface area (Å²) < 4.78 is 13.5. The SMILES string of the molecule is N#Cc1cc(C(=O)Nc2cc(Cl)c(=O)n(CCF)c2)sc1C#N. The average Bonchev–Trinajstić information content (AvgIpc) is 2.95. The van der Waals surface area contributed by atoms with Gasteiger partial charge in [0.1, 0.15) is 28.7 Å². The molecule has 0 aromatic carbocycles. The maximum atomic E-state index is 12.4. The maximum absolute atomic E-state index is 12.4. The van der Waals surface area contributed by atoms with Gasteiger partial charge in [-0.15, -0.1) is 11.3 Å². The minimum atomic E-state index is -0.754. The van der Waals surface area contributed by atoms with Crippen molar-refractivity contribution in [3.05, 3.63) is 49.0 Å². The van der Waals surface area contributed by atoms with Crippen molar-refractivity contribution in [3.8, 4) is 12.1 Å². The summed E-state index contributed by atoms with van der Waals surface area (Å²) in [5.41, 5.74) is -0.237. The molecule has 0 fully saturated rings. The lowest BCUT2D eigenvalue weighted by molar-refractivity contribution is 0.103. The molecule has 0 unspecified atom stereocenters. The van der Waals surface area contributed by atoms with Gasteiger partial charge in [0, 0.05) is 6.20 Å². The van der Waals surface area contributed by atoms with Crippen molar-refractivity contribution in [2.75, 3.05) is 12.0 Å². The van der Waals surface area contributed by atoms with Gasteiger partial charge in [-0.05, 0) is 12.1 Å². The second-order valence-corrected chi connectivity index (χ2v) is 5.75. The van der Waals surface area contributed by atoms with Crippen LogP contribution in [0, 0.1) is 22.7 Å². The second-order valence-electron chi connectivity index (χ2n) is 4.30. The number of alkyl halides is 1. The Morgan fingerprint density at radius 3 is 2.70 bits per heavy atom. The van der Waals surface area contributed by atoms with Crippen molar-refractivity contribution in [1.29, 1.82) is 10.5 Å². The first-order valence-corrected chi connectivity index (χ1v) is 7.41. The third kappa shape index (κ3) is 3.57. The molecular formula is C14H8ClFN4O2S. The molecule has 0 aliphatic carbocycles. The lowest BCUT2D eigenvalue weighted by Crippen LogP contribution is -2.22. The molecule has 2 heterocycles. The number of amides is 1. The lowest BCUT2D eigenvalue weighted by Gasteiger charge is -2.08. The third-order valence-corrected chi connectivity index (χ3v) is 4.11. The maximum Gasteiger partial charge on any atom is 0.269 e. The van der Waals surface area contributed by atoms with E-state index in [4.69, 9.17) is 22.1 Å². The number of thiophene rings is 1. The first kappa shape index (κ1) is 16.7. The zero-order valence-electron chi connectivity index (χ0n) is 11.5. The number of hydrogen-bond acceptors (Lipinski definition) is 5. The van der Waals surface area contributed by atoms with E-state index in [0.29, 0.717) is 0 Å². The van der Waals surface area contributed by atoms with Crippen LogP contribution in [0.15, 0.2) is 23.1 Å². The van der Waals surface area contributed by atoms with E-state index in [9.17, 15) is 14.0 Å². The van der Waals surface area contributed by atoms with Crippen LogP contribution in [0.25, 0.3) is 0 Å². The number of halogens is 2. The Hall–Kier alpha value is -2.68. The molecule has 2 aromatic rings. The third-order valence-electron chi connectivity index (χ3n) is 2.80. The molecule has 1 amide bonds. The number of nitriles is 2. The number of rotatable bonds is 4. The Kier molecular flexibility index (Phi) is 5.12. The van der Waals surface area contributed by atoms with Crippen LogP contribution < -0.4 is 10.9 Å². The topological polar surface area (TPSA) is 98.7 Å². The van der Waals surface area contributed by atoms with Crippen molar-refractivity contribution in [2.45, 2.75) is 6.54 Å². The predicted molar refractivity (Wildman–Crippen MR) is 83.4 cm³/mol. The van der Waals surface area contributed by atoms with Crippen LogP contribution >= 0.6 is 22.9 Å². The van der Waals surface area contributed by atoms with Gasteiger partial charge in [-0.2, -0.15) is 10.5 Å². The Bertz CT molecular complexity index is 875. The van der Waals surface area contributed by atoms with Crippen LogP contribution in [0.4, 0.5) is 10.1 Å². The van der Waals surface area contributed by atoms with Crippen LogP contribution in [0.2, 0.25) is 5.02 Å². The number of carbonyl (C=O) groups excluding carboxylic acids is 1. The fraction of sp³-hybridized carbons (Fsp3) is 0.143. The van der Waals surface area contributed by atoms with Crippen LogP contribution in [0.3, 0.4) is 0 Å². The van der Waals surface area contributed by atoms with Crippen LogP contribution in [0.5, 0.6) is 0 Å². The van der Waals surface area contributed by atoms with Gasteiger partial charge in [-0.1, -0.05) is 11.6 Å². The Balaban J connectivity index is 2.31. The number of carbonyl (C=O) groups is 1. The van der Waals surface area contributed by atoms with Crippen LogP contribution in [-0.4, -0.2) is 17.1 Å². The molecule has 2 aromatic heterocycles. The van der Waals surface area contributed by atoms with E-state index in [1.165, 1.54) is 18.3 Å².